The van der Waals surface area contributed by atoms with Crippen LogP contribution in [0.2, 0.25) is 0 Å². The summed E-state index contributed by atoms with van der Waals surface area (Å²) in [6, 6.07) is 7.12. The van der Waals surface area contributed by atoms with Crippen LogP contribution in [0.4, 0.5) is 4.79 Å². The number of tetrazole rings is 1. The zero-order valence-electron chi connectivity index (χ0n) is 10.2. The number of nitrogens with zero attached hydrogens (tertiary/aromatic N) is 3. The van der Waals surface area contributed by atoms with E-state index in [1.54, 1.807) is 30.3 Å². The number of amides is 1. The van der Waals surface area contributed by atoms with Gasteiger partial charge >= 0.3 is 12.1 Å². The van der Waals surface area contributed by atoms with E-state index in [2.05, 4.69) is 27.2 Å². The van der Waals surface area contributed by atoms with E-state index in [0.29, 0.717) is 5.56 Å². The van der Waals surface area contributed by atoms with Crippen molar-refractivity contribution in [3.63, 3.8) is 0 Å². The molecule has 2 rings (SSSR count). The fraction of sp³-hybridized carbons (Fsp3) is 0.182. The summed E-state index contributed by atoms with van der Waals surface area (Å²) in [7, 11) is 0. The zero-order valence-corrected chi connectivity index (χ0v) is 10.2. The maximum Gasteiger partial charge on any atom is 0.410 e. The van der Waals surface area contributed by atoms with Gasteiger partial charge in [-0.3, -0.25) is 0 Å². The molecule has 0 saturated heterocycles. The number of rotatable bonds is 5. The monoisotopic (exact) mass is 277 g/mol. The van der Waals surface area contributed by atoms with E-state index >= 15 is 0 Å². The summed E-state index contributed by atoms with van der Waals surface area (Å²) in [6.07, 6.45) is 1.50. The van der Waals surface area contributed by atoms with Gasteiger partial charge in [-0.05, 0) is 11.9 Å². The Morgan fingerprint density at radius 1 is 1.45 bits per heavy atom. The van der Waals surface area contributed by atoms with Gasteiger partial charge in [0.15, 0.2) is 6.04 Å². The highest BCUT2D eigenvalue weighted by atomic mass is 16.6. The van der Waals surface area contributed by atoms with Gasteiger partial charge in [-0.2, -0.15) is 0 Å². The minimum Gasteiger partial charge on any atom is -0.479 e. The van der Waals surface area contributed by atoms with Crippen molar-refractivity contribution >= 4 is 12.1 Å². The molecule has 0 fully saturated rings. The number of alkyl carbamates (subject to hydrolysis) is 1. The molecule has 1 aromatic heterocycles. The number of carboxylic acid groups (broad SMARTS) is 1. The molecule has 0 spiro atoms. The number of aliphatic carboxylic acids is 1. The average Bonchev–Trinajstić information content (AvgIpc) is 2.96. The summed E-state index contributed by atoms with van der Waals surface area (Å²) >= 11 is 0. The second-order valence-corrected chi connectivity index (χ2v) is 3.72. The second kappa shape index (κ2) is 6.27. The molecule has 0 aliphatic rings. The number of benzene rings is 1. The fourth-order valence-corrected chi connectivity index (χ4v) is 1.45. The van der Waals surface area contributed by atoms with Gasteiger partial charge in [0.1, 0.15) is 5.21 Å². The summed E-state index contributed by atoms with van der Waals surface area (Å²) in [5.74, 6) is -1.18. The van der Waals surface area contributed by atoms with E-state index < -0.39 is 18.1 Å². The third-order valence-corrected chi connectivity index (χ3v) is 2.35. The van der Waals surface area contributed by atoms with E-state index in [4.69, 9.17) is 9.84 Å². The summed E-state index contributed by atoms with van der Waals surface area (Å²) in [6.45, 7) is -0.208. The van der Waals surface area contributed by atoms with Gasteiger partial charge in [-0.1, -0.05) is 30.3 Å². The van der Waals surface area contributed by atoms with Crippen LogP contribution in [0, 0.1) is 6.33 Å². The number of carboxylic acids is 1. The van der Waals surface area contributed by atoms with Gasteiger partial charge in [-0.15, -0.1) is 10.3 Å². The van der Waals surface area contributed by atoms with Crippen LogP contribution in [0.25, 0.3) is 0 Å². The third-order valence-electron chi connectivity index (χ3n) is 2.35. The average molecular weight is 277 g/mol. The summed E-state index contributed by atoms with van der Waals surface area (Å²) in [5, 5.41) is 20.5. The molecule has 3 N–H and O–H groups in total. The Bertz CT molecular complexity index is 572. The number of nitrogens with one attached hydrogen (secondary N) is 2. The van der Waals surface area contributed by atoms with Crippen LogP contribution >= 0.6 is 0 Å². The number of carbonyl (C=O) groups excluding carboxylic acids is 1. The number of ether oxygens (including phenoxy) is 1. The molecule has 104 valence electrons. The molecule has 20 heavy (non-hydrogen) atoms. The lowest BCUT2D eigenvalue weighted by Crippen LogP contribution is -2.41. The standard InChI is InChI=1S/C11H11N5O4/c17-10(18)9(8-4-2-1-3-5-8)13-11(19)20-7-16-6-12-14-15-16/h1-5,9H,7H2,(H,12,15)(H,13,19)(H,17,18)/t9-/m1/s1. The van der Waals surface area contributed by atoms with Crippen LogP contribution in [0.15, 0.2) is 30.3 Å². The lowest BCUT2D eigenvalue weighted by atomic mass is 10.1. The summed E-state index contributed by atoms with van der Waals surface area (Å²) in [4.78, 5) is 22.7. The van der Waals surface area contributed by atoms with E-state index in [1.165, 1.54) is 4.68 Å². The molecule has 0 unspecified atom stereocenters. The molecule has 1 heterocycles. The Hall–Kier alpha value is -2.97. The molecule has 0 aliphatic carbocycles. The highest BCUT2D eigenvalue weighted by Gasteiger charge is 2.22. The second-order valence-electron chi connectivity index (χ2n) is 3.72. The van der Waals surface area contributed by atoms with Crippen LogP contribution in [-0.4, -0.2) is 32.7 Å². The van der Waals surface area contributed by atoms with Crippen LogP contribution in [0.3, 0.4) is 0 Å². The van der Waals surface area contributed by atoms with E-state index in [0.717, 1.165) is 0 Å². The Morgan fingerprint density at radius 3 is 2.80 bits per heavy atom. The van der Waals surface area contributed by atoms with Crippen molar-refractivity contribution in [2.24, 2.45) is 0 Å². The maximum atomic E-state index is 11.5. The van der Waals surface area contributed by atoms with Crippen molar-refractivity contribution in [1.29, 1.82) is 0 Å². The zero-order chi connectivity index (χ0) is 14.4. The van der Waals surface area contributed by atoms with Gasteiger partial charge in [-0.25, -0.2) is 9.59 Å². The van der Waals surface area contributed by atoms with Gasteiger partial charge in [0.05, 0.1) is 0 Å². The Kier molecular flexibility index (Phi) is 4.22. The van der Waals surface area contributed by atoms with Crippen molar-refractivity contribution in [2.45, 2.75) is 12.8 Å². The largest absolute Gasteiger partial charge is 0.479 e. The number of hydrogen-bond donors (Lipinski definition) is 3. The van der Waals surface area contributed by atoms with E-state index in [9.17, 15) is 9.59 Å². The molecular formula is C11H11N5O4. The Labute approximate surface area is 113 Å². The van der Waals surface area contributed by atoms with Gasteiger partial charge in [0.2, 0.25) is 6.73 Å². The van der Waals surface area contributed by atoms with Crippen LogP contribution in [0.5, 0.6) is 0 Å². The molecule has 1 amide bonds. The van der Waals surface area contributed by atoms with E-state index in [-0.39, 0.29) is 6.73 Å². The normalized spacial score (nSPS) is 11.6. The fourth-order valence-electron chi connectivity index (χ4n) is 1.45. The molecule has 2 aromatic rings. The predicted octanol–water partition coefficient (Wildman–Crippen LogP) is -0.598. The van der Waals surface area contributed by atoms with Gasteiger partial charge < -0.3 is 19.8 Å². The highest BCUT2D eigenvalue weighted by molar-refractivity contribution is 5.81. The lowest BCUT2D eigenvalue weighted by Gasteiger charge is -2.14. The predicted molar refractivity (Wildman–Crippen MR) is 61.8 cm³/mol. The van der Waals surface area contributed by atoms with E-state index in [1.807, 2.05) is 0 Å². The summed E-state index contributed by atoms with van der Waals surface area (Å²) < 4.78 is 5.97. The van der Waals surface area contributed by atoms with Crippen molar-refractivity contribution < 1.29 is 24.1 Å². The molecule has 0 bridgehead atoms. The Morgan fingerprint density at radius 2 is 2.20 bits per heavy atom. The minimum absolute atomic E-state index is 0.208. The number of aromatic amines is 1. The van der Waals surface area contributed by atoms with Crippen molar-refractivity contribution in [3.05, 3.63) is 42.2 Å². The maximum absolute atomic E-state index is 11.5. The van der Waals surface area contributed by atoms with Gasteiger partial charge in [0, 0.05) is 0 Å². The molecular weight excluding hydrogens is 266 g/mol. The molecule has 0 radical (unpaired) electrons. The highest BCUT2D eigenvalue weighted by Crippen LogP contribution is 2.12. The molecule has 9 heteroatoms. The quantitative estimate of drug-likeness (QED) is 0.495. The minimum atomic E-state index is -1.18. The number of hydrogen-bond acceptors (Lipinski definition) is 5. The SMILES string of the molecule is O=C(N[C@@H](C(=O)O)c1ccccc1)OC[n+]1[c-]nn[nH]1. The van der Waals surface area contributed by atoms with Crippen LogP contribution in [0.1, 0.15) is 11.6 Å². The van der Waals surface area contributed by atoms with Crippen molar-refractivity contribution in [2.75, 3.05) is 0 Å². The smallest absolute Gasteiger partial charge is 0.410 e. The first-order valence-electron chi connectivity index (χ1n) is 5.56. The lowest BCUT2D eigenvalue weighted by molar-refractivity contribution is -0.784. The number of carbonyl (C=O) groups is 2. The first-order chi connectivity index (χ1) is 9.66. The third kappa shape index (κ3) is 3.51. The van der Waals surface area contributed by atoms with Crippen molar-refractivity contribution in [3.8, 4) is 0 Å². The molecule has 0 saturated carbocycles. The molecule has 0 aliphatic heterocycles. The molecule has 1 atom stereocenters. The first kappa shape index (κ1) is 13.5. The first-order valence-corrected chi connectivity index (χ1v) is 5.56. The van der Waals surface area contributed by atoms with Crippen LogP contribution < -0.4 is 10.00 Å². The molecule has 9 nitrogen and oxygen atoms in total. The van der Waals surface area contributed by atoms with Gasteiger partial charge in [0.25, 0.3) is 0 Å². The molecule has 1 aromatic carbocycles. The van der Waals surface area contributed by atoms with Crippen molar-refractivity contribution in [1.82, 2.24) is 20.8 Å². The topological polar surface area (TPSA) is 121 Å². The number of H-pyrrole nitrogens is 1. The Balaban J connectivity index is 1.95. The summed E-state index contributed by atoms with van der Waals surface area (Å²) in [5.41, 5.74) is 0.444. The number of aromatic nitrogens is 4. The van der Waals surface area contributed by atoms with Crippen LogP contribution in [-0.2, 0) is 16.3 Å².